The summed E-state index contributed by atoms with van der Waals surface area (Å²) in [4.78, 5) is 29.0. The average Bonchev–Trinajstić information content (AvgIpc) is 3.43. The Morgan fingerprint density at radius 1 is 0.923 bits per heavy atom. The van der Waals surface area contributed by atoms with Gasteiger partial charge in [-0.05, 0) is 36.6 Å². The maximum atomic E-state index is 14.8. The number of sulfonamides is 1. The first-order valence-electron chi connectivity index (χ1n) is 13.1. The molecule has 39 heavy (non-hydrogen) atoms. The highest BCUT2D eigenvalue weighted by Gasteiger charge is 2.34. The normalized spacial score (nSPS) is 14.5. The van der Waals surface area contributed by atoms with Crippen molar-refractivity contribution in [2.45, 2.75) is 50.7 Å². The largest absolute Gasteiger partial charge is 0.352 e. The van der Waals surface area contributed by atoms with Gasteiger partial charge in [-0.25, -0.2) is 12.8 Å². The molecule has 1 aliphatic carbocycles. The highest BCUT2D eigenvalue weighted by Crippen LogP contribution is 2.22. The van der Waals surface area contributed by atoms with E-state index in [0.717, 1.165) is 41.8 Å². The van der Waals surface area contributed by atoms with Gasteiger partial charge in [-0.15, -0.1) is 0 Å². The molecule has 0 radical (unpaired) electrons. The molecule has 9 heteroatoms. The molecule has 0 saturated heterocycles. The van der Waals surface area contributed by atoms with Gasteiger partial charge in [-0.2, -0.15) is 0 Å². The van der Waals surface area contributed by atoms with E-state index in [9.17, 15) is 22.4 Å². The van der Waals surface area contributed by atoms with Crippen molar-refractivity contribution < 1.29 is 22.4 Å². The van der Waals surface area contributed by atoms with Crippen molar-refractivity contribution >= 4 is 27.5 Å². The molecule has 1 unspecified atom stereocenters. The van der Waals surface area contributed by atoms with Gasteiger partial charge in [-0.1, -0.05) is 79.6 Å². The SMILES string of the molecule is CS(=O)(=O)N(CC(=O)N(Cc1ccccc1F)C(Cc1ccccc1)C(=O)NC1CCCC1)c1ccccc1. The zero-order valence-electron chi connectivity index (χ0n) is 22.0. The minimum atomic E-state index is -3.84. The van der Waals surface area contributed by atoms with Crippen LogP contribution in [-0.2, 0) is 32.6 Å². The highest BCUT2D eigenvalue weighted by atomic mass is 32.2. The van der Waals surface area contributed by atoms with Crippen molar-refractivity contribution in [3.63, 3.8) is 0 Å². The maximum absolute atomic E-state index is 14.8. The van der Waals surface area contributed by atoms with E-state index in [2.05, 4.69) is 5.32 Å². The number of halogens is 1. The predicted molar refractivity (Wildman–Crippen MR) is 150 cm³/mol. The molecule has 0 heterocycles. The minimum absolute atomic E-state index is 0.0121. The topological polar surface area (TPSA) is 86.8 Å². The van der Waals surface area contributed by atoms with Gasteiger partial charge >= 0.3 is 0 Å². The second-order valence-corrected chi connectivity index (χ2v) is 11.8. The van der Waals surface area contributed by atoms with E-state index in [1.165, 1.54) is 11.0 Å². The summed E-state index contributed by atoms with van der Waals surface area (Å²) in [5, 5.41) is 3.09. The molecular formula is C30H34FN3O4S. The Morgan fingerprint density at radius 2 is 1.51 bits per heavy atom. The standard InChI is InChI=1S/C30H34FN3O4S/c1-39(37,38)34(26-17-6-3-7-18-26)22-29(35)33(21-24-14-8-11-19-27(24)31)28(20-23-12-4-2-5-13-23)30(36)32-25-15-9-10-16-25/h2-8,11-14,17-19,25,28H,9-10,15-16,20-22H2,1H3,(H,32,36). The Bertz CT molecular complexity index is 1360. The molecule has 3 aromatic rings. The van der Waals surface area contributed by atoms with Gasteiger partial charge in [0.05, 0.1) is 11.9 Å². The van der Waals surface area contributed by atoms with Crippen molar-refractivity contribution in [3.8, 4) is 0 Å². The molecule has 1 N–H and O–H groups in total. The number of hydrogen-bond donors (Lipinski definition) is 1. The minimum Gasteiger partial charge on any atom is -0.352 e. The van der Waals surface area contributed by atoms with Crippen molar-refractivity contribution in [1.82, 2.24) is 10.2 Å². The molecule has 206 valence electrons. The highest BCUT2D eigenvalue weighted by molar-refractivity contribution is 7.92. The fourth-order valence-electron chi connectivity index (χ4n) is 4.94. The zero-order valence-corrected chi connectivity index (χ0v) is 22.8. The summed E-state index contributed by atoms with van der Waals surface area (Å²) in [6.07, 6.45) is 4.99. The van der Waals surface area contributed by atoms with Crippen LogP contribution in [0.3, 0.4) is 0 Å². The Balaban J connectivity index is 1.72. The van der Waals surface area contributed by atoms with Gasteiger partial charge < -0.3 is 10.2 Å². The third-order valence-corrected chi connectivity index (χ3v) is 8.14. The van der Waals surface area contributed by atoms with Gasteiger partial charge in [0, 0.05) is 24.6 Å². The van der Waals surface area contributed by atoms with Crippen LogP contribution in [-0.4, -0.2) is 50.0 Å². The number of benzene rings is 3. The van der Waals surface area contributed by atoms with Crippen LogP contribution in [0, 0.1) is 5.82 Å². The van der Waals surface area contributed by atoms with Crippen molar-refractivity contribution in [3.05, 3.63) is 102 Å². The molecule has 4 rings (SSSR count). The molecule has 1 atom stereocenters. The van der Waals surface area contributed by atoms with Gasteiger partial charge in [0.2, 0.25) is 21.8 Å². The predicted octanol–water partition coefficient (Wildman–Crippen LogP) is 4.29. The average molecular weight is 552 g/mol. The van der Waals surface area contributed by atoms with Crippen molar-refractivity contribution in [1.29, 1.82) is 0 Å². The van der Waals surface area contributed by atoms with Crippen LogP contribution < -0.4 is 9.62 Å². The smallest absolute Gasteiger partial charge is 0.244 e. The summed E-state index contributed by atoms with van der Waals surface area (Å²) in [6, 6.07) is 22.7. The van der Waals surface area contributed by atoms with Crippen LogP contribution in [0.1, 0.15) is 36.8 Å². The molecule has 0 aliphatic heterocycles. The second-order valence-electron chi connectivity index (χ2n) is 9.91. The number of hydrogen-bond acceptors (Lipinski definition) is 4. The number of carbonyl (C=O) groups is 2. The zero-order chi connectivity index (χ0) is 27.8. The quantitative estimate of drug-likeness (QED) is 0.385. The van der Waals surface area contributed by atoms with E-state index in [-0.39, 0.29) is 30.5 Å². The Hall–Kier alpha value is -3.72. The molecule has 1 aliphatic rings. The molecule has 0 aromatic heterocycles. The Morgan fingerprint density at radius 3 is 2.13 bits per heavy atom. The van der Waals surface area contributed by atoms with E-state index >= 15 is 0 Å². The monoisotopic (exact) mass is 551 g/mol. The third-order valence-electron chi connectivity index (χ3n) is 6.99. The first-order valence-corrected chi connectivity index (χ1v) is 15.0. The first-order chi connectivity index (χ1) is 18.7. The molecule has 1 fully saturated rings. The van der Waals surface area contributed by atoms with Crippen LogP contribution in [0.4, 0.5) is 10.1 Å². The molecular weight excluding hydrogens is 517 g/mol. The van der Waals surface area contributed by atoms with Gasteiger partial charge in [-0.3, -0.25) is 13.9 Å². The van der Waals surface area contributed by atoms with Gasteiger partial charge in [0.1, 0.15) is 18.4 Å². The Kier molecular flexibility index (Phi) is 9.35. The summed E-state index contributed by atoms with van der Waals surface area (Å²) in [6.45, 7) is -0.715. The van der Waals surface area contributed by atoms with E-state index in [0.29, 0.717) is 5.69 Å². The number of nitrogens with zero attached hydrogens (tertiary/aromatic N) is 2. The fourth-order valence-corrected chi connectivity index (χ4v) is 5.79. The van der Waals surface area contributed by atoms with Crippen LogP contribution >= 0.6 is 0 Å². The van der Waals surface area contributed by atoms with E-state index < -0.39 is 34.3 Å². The lowest BCUT2D eigenvalue weighted by molar-refractivity contribution is -0.140. The van der Waals surface area contributed by atoms with Gasteiger partial charge in [0.15, 0.2) is 0 Å². The van der Waals surface area contributed by atoms with E-state index in [1.54, 1.807) is 48.5 Å². The number of amides is 2. The third kappa shape index (κ3) is 7.66. The number of carbonyl (C=O) groups excluding carboxylic acids is 2. The summed E-state index contributed by atoms with van der Waals surface area (Å²) < 4.78 is 41.3. The number of para-hydroxylation sites is 1. The number of rotatable bonds is 11. The first kappa shape index (κ1) is 28.3. The lowest BCUT2D eigenvalue weighted by Gasteiger charge is -2.34. The molecule has 3 aromatic carbocycles. The van der Waals surface area contributed by atoms with Crippen molar-refractivity contribution in [2.75, 3.05) is 17.1 Å². The lowest BCUT2D eigenvalue weighted by Crippen LogP contribution is -2.54. The maximum Gasteiger partial charge on any atom is 0.244 e. The summed E-state index contributed by atoms with van der Waals surface area (Å²) in [5.41, 5.74) is 1.40. The van der Waals surface area contributed by atoms with Crippen LogP contribution in [0.5, 0.6) is 0 Å². The van der Waals surface area contributed by atoms with Crippen LogP contribution in [0.2, 0.25) is 0 Å². The summed E-state index contributed by atoms with van der Waals surface area (Å²) in [5.74, 6) is -1.44. The molecule has 0 bridgehead atoms. The summed E-state index contributed by atoms with van der Waals surface area (Å²) in [7, 11) is -3.84. The fraction of sp³-hybridized carbons (Fsp3) is 0.333. The van der Waals surface area contributed by atoms with Crippen LogP contribution in [0.15, 0.2) is 84.9 Å². The van der Waals surface area contributed by atoms with Crippen LogP contribution in [0.25, 0.3) is 0 Å². The molecule has 0 spiro atoms. The van der Waals surface area contributed by atoms with E-state index in [1.807, 2.05) is 30.3 Å². The molecule has 7 nitrogen and oxygen atoms in total. The summed E-state index contributed by atoms with van der Waals surface area (Å²) >= 11 is 0. The number of anilines is 1. The van der Waals surface area contributed by atoms with Crippen molar-refractivity contribution in [2.24, 2.45) is 0 Å². The second kappa shape index (κ2) is 12.9. The molecule has 2 amide bonds. The van der Waals surface area contributed by atoms with E-state index in [4.69, 9.17) is 0 Å². The molecule has 1 saturated carbocycles. The van der Waals surface area contributed by atoms with Gasteiger partial charge in [0.25, 0.3) is 0 Å². The Labute approximate surface area is 229 Å². The lowest BCUT2D eigenvalue weighted by atomic mass is 10.0. The number of nitrogens with one attached hydrogen (secondary N) is 1.